The first-order chi connectivity index (χ1) is 20.3. The zero-order valence-electron chi connectivity index (χ0n) is 28.8. The Morgan fingerprint density at radius 1 is 0.293 bits per heavy atom. The quantitative estimate of drug-likeness (QED) is 0.0682. The maximum absolute atomic E-state index is 6.25. The van der Waals surface area contributed by atoms with Crippen LogP contribution < -0.4 is 0 Å². The minimum atomic E-state index is 0.0929. The molecule has 0 aliphatic carbocycles. The topological polar surface area (TPSA) is 27.7 Å². The van der Waals surface area contributed by atoms with E-state index in [0.717, 1.165) is 19.8 Å². The van der Waals surface area contributed by atoms with Gasteiger partial charge in [-0.25, -0.2) is 0 Å². The molecular weight excluding hydrogens is 504 g/mol. The Kier molecular flexibility index (Phi) is 37.8. The highest BCUT2D eigenvalue weighted by molar-refractivity contribution is 4.58. The van der Waals surface area contributed by atoms with E-state index < -0.39 is 0 Å². The van der Waals surface area contributed by atoms with Crippen LogP contribution in [0, 0.1) is 0 Å². The lowest BCUT2D eigenvalue weighted by molar-refractivity contribution is -0.0616. The van der Waals surface area contributed by atoms with E-state index in [9.17, 15) is 0 Å². The molecule has 0 saturated carbocycles. The van der Waals surface area contributed by atoms with Crippen molar-refractivity contribution in [2.75, 3.05) is 33.0 Å². The molecule has 41 heavy (non-hydrogen) atoms. The number of unbranched alkanes of at least 4 members (excludes halogenated alkanes) is 26. The van der Waals surface area contributed by atoms with Crippen molar-refractivity contribution in [1.82, 2.24) is 0 Å². The first kappa shape index (κ1) is 40.9. The van der Waals surface area contributed by atoms with Gasteiger partial charge in [-0.2, -0.15) is 0 Å². The van der Waals surface area contributed by atoms with E-state index in [0.29, 0.717) is 13.2 Å². The van der Waals surface area contributed by atoms with E-state index in [2.05, 4.69) is 20.8 Å². The molecule has 0 bridgehead atoms. The van der Waals surface area contributed by atoms with Gasteiger partial charge >= 0.3 is 0 Å². The summed E-state index contributed by atoms with van der Waals surface area (Å²) in [5.41, 5.74) is 0. The highest BCUT2D eigenvalue weighted by atomic mass is 16.6. The number of hydrogen-bond acceptors (Lipinski definition) is 3. The van der Waals surface area contributed by atoms with Crippen LogP contribution in [0.5, 0.6) is 0 Å². The lowest BCUT2D eigenvalue weighted by Gasteiger charge is -2.18. The van der Waals surface area contributed by atoms with Gasteiger partial charge in [0.05, 0.1) is 13.2 Å². The first-order valence-corrected chi connectivity index (χ1v) is 19.1. The van der Waals surface area contributed by atoms with Crippen molar-refractivity contribution in [3.63, 3.8) is 0 Å². The van der Waals surface area contributed by atoms with Gasteiger partial charge in [-0.15, -0.1) is 0 Å². The van der Waals surface area contributed by atoms with Gasteiger partial charge in [-0.3, -0.25) is 0 Å². The van der Waals surface area contributed by atoms with Crippen LogP contribution in [-0.2, 0) is 14.2 Å². The number of rotatable bonds is 37. The molecule has 0 aromatic heterocycles. The van der Waals surface area contributed by atoms with Crippen LogP contribution in [0.1, 0.15) is 207 Å². The van der Waals surface area contributed by atoms with Crippen LogP contribution in [0.25, 0.3) is 0 Å². The summed E-state index contributed by atoms with van der Waals surface area (Å²) in [6.45, 7) is 10.8. The fourth-order valence-corrected chi connectivity index (χ4v) is 5.62. The van der Waals surface area contributed by atoms with Gasteiger partial charge in [0, 0.05) is 19.8 Å². The van der Waals surface area contributed by atoms with Gasteiger partial charge < -0.3 is 14.2 Å². The van der Waals surface area contributed by atoms with Gasteiger partial charge in [0.2, 0.25) is 0 Å². The largest absolute Gasteiger partial charge is 0.379 e. The standard InChI is InChI=1S/C38H78O3/c1-4-7-10-13-16-19-22-24-27-30-33-39-36-38(41-35-32-29-26-21-18-15-12-9-6-3)37-40-34-31-28-25-23-20-17-14-11-8-5-2/h38H,4-37H2,1-3H3. The van der Waals surface area contributed by atoms with Crippen molar-refractivity contribution in [1.29, 1.82) is 0 Å². The highest BCUT2D eigenvalue weighted by Crippen LogP contribution is 2.13. The maximum Gasteiger partial charge on any atom is 0.104 e. The summed E-state index contributed by atoms with van der Waals surface area (Å²) in [5, 5.41) is 0. The SMILES string of the molecule is CCCCCCCCCCCCOCC(COCCCCCCCCCCCC)OCCCCCCCCCCC. The van der Waals surface area contributed by atoms with E-state index in [1.807, 2.05) is 0 Å². The molecule has 3 nitrogen and oxygen atoms in total. The smallest absolute Gasteiger partial charge is 0.104 e. The summed E-state index contributed by atoms with van der Waals surface area (Å²) in [6, 6.07) is 0. The average Bonchev–Trinajstić information content (AvgIpc) is 2.98. The van der Waals surface area contributed by atoms with Gasteiger partial charge in [-0.05, 0) is 19.3 Å². The molecule has 0 amide bonds. The predicted octanol–water partition coefficient (Wildman–Crippen LogP) is 12.8. The minimum absolute atomic E-state index is 0.0929. The van der Waals surface area contributed by atoms with Crippen molar-refractivity contribution in [3.8, 4) is 0 Å². The van der Waals surface area contributed by atoms with E-state index in [-0.39, 0.29) is 6.10 Å². The van der Waals surface area contributed by atoms with Crippen LogP contribution in [0.15, 0.2) is 0 Å². The predicted molar refractivity (Wildman–Crippen MR) is 182 cm³/mol. The lowest BCUT2D eigenvalue weighted by atomic mass is 10.1. The lowest BCUT2D eigenvalue weighted by Crippen LogP contribution is -2.26. The van der Waals surface area contributed by atoms with Crippen molar-refractivity contribution in [2.45, 2.75) is 213 Å². The zero-order chi connectivity index (χ0) is 29.7. The molecule has 0 N–H and O–H groups in total. The molecule has 0 aliphatic heterocycles. The molecule has 0 fully saturated rings. The Morgan fingerprint density at radius 3 is 0.829 bits per heavy atom. The maximum atomic E-state index is 6.25. The van der Waals surface area contributed by atoms with Gasteiger partial charge in [-0.1, -0.05) is 188 Å². The Morgan fingerprint density at radius 2 is 0.537 bits per heavy atom. The fourth-order valence-electron chi connectivity index (χ4n) is 5.62. The van der Waals surface area contributed by atoms with Crippen molar-refractivity contribution >= 4 is 0 Å². The molecule has 0 unspecified atom stereocenters. The number of hydrogen-bond donors (Lipinski definition) is 0. The number of ether oxygens (including phenoxy) is 3. The molecule has 248 valence electrons. The summed E-state index contributed by atoms with van der Waals surface area (Å²) < 4.78 is 18.4. The Hall–Kier alpha value is -0.120. The summed E-state index contributed by atoms with van der Waals surface area (Å²) in [4.78, 5) is 0. The van der Waals surface area contributed by atoms with E-state index >= 15 is 0 Å². The van der Waals surface area contributed by atoms with E-state index in [4.69, 9.17) is 14.2 Å². The molecule has 0 aliphatic rings. The van der Waals surface area contributed by atoms with Gasteiger partial charge in [0.1, 0.15) is 6.10 Å². The van der Waals surface area contributed by atoms with Crippen molar-refractivity contribution < 1.29 is 14.2 Å². The molecule has 0 spiro atoms. The van der Waals surface area contributed by atoms with Crippen LogP contribution in [0.2, 0.25) is 0 Å². The van der Waals surface area contributed by atoms with E-state index in [1.165, 1.54) is 186 Å². The third-order valence-electron chi connectivity index (χ3n) is 8.49. The molecule has 0 saturated heterocycles. The van der Waals surface area contributed by atoms with Crippen molar-refractivity contribution in [2.24, 2.45) is 0 Å². The van der Waals surface area contributed by atoms with Crippen LogP contribution >= 0.6 is 0 Å². The van der Waals surface area contributed by atoms with Gasteiger partial charge in [0.25, 0.3) is 0 Å². The first-order valence-electron chi connectivity index (χ1n) is 19.1. The molecule has 0 aromatic rings. The van der Waals surface area contributed by atoms with Crippen LogP contribution in [-0.4, -0.2) is 39.1 Å². The second-order valence-electron chi connectivity index (χ2n) is 12.8. The third kappa shape index (κ3) is 36.0. The highest BCUT2D eigenvalue weighted by Gasteiger charge is 2.10. The van der Waals surface area contributed by atoms with Gasteiger partial charge in [0.15, 0.2) is 0 Å². The Balaban J connectivity index is 3.88. The molecular formula is C38H78O3. The molecule has 0 radical (unpaired) electrons. The summed E-state index contributed by atoms with van der Waals surface area (Å²) in [5.74, 6) is 0. The van der Waals surface area contributed by atoms with Crippen LogP contribution in [0.3, 0.4) is 0 Å². The second kappa shape index (κ2) is 37.9. The zero-order valence-corrected chi connectivity index (χ0v) is 28.8. The summed E-state index contributed by atoms with van der Waals surface area (Å²) in [6.07, 6.45) is 39.6. The summed E-state index contributed by atoms with van der Waals surface area (Å²) in [7, 11) is 0. The van der Waals surface area contributed by atoms with Crippen LogP contribution in [0.4, 0.5) is 0 Å². The molecule has 0 heterocycles. The Bertz CT molecular complexity index is 413. The fraction of sp³-hybridized carbons (Fsp3) is 1.00. The monoisotopic (exact) mass is 583 g/mol. The minimum Gasteiger partial charge on any atom is -0.379 e. The molecule has 0 rings (SSSR count). The molecule has 3 heteroatoms. The second-order valence-corrected chi connectivity index (χ2v) is 12.8. The molecule has 0 atom stereocenters. The normalized spacial score (nSPS) is 11.7. The average molecular weight is 583 g/mol. The summed E-state index contributed by atoms with van der Waals surface area (Å²) >= 11 is 0. The van der Waals surface area contributed by atoms with E-state index in [1.54, 1.807) is 0 Å². The Labute approximate surface area is 260 Å². The van der Waals surface area contributed by atoms with Crippen molar-refractivity contribution in [3.05, 3.63) is 0 Å². The molecule has 0 aromatic carbocycles. The third-order valence-corrected chi connectivity index (χ3v) is 8.49.